The zero-order chi connectivity index (χ0) is 11.8. The van der Waals surface area contributed by atoms with E-state index in [1.54, 1.807) is 6.92 Å². The highest BCUT2D eigenvalue weighted by Crippen LogP contribution is 2.36. The number of azo groups is 1. The highest BCUT2D eigenvalue weighted by Gasteiger charge is 2.34. The van der Waals surface area contributed by atoms with Crippen molar-refractivity contribution in [3.8, 4) is 0 Å². The van der Waals surface area contributed by atoms with E-state index in [1.165, 1.54) is 0 Å². The van der Waals surface area contributed by atoms with Gasteiger partial charge in [0.2, 0.25) is 0 Å². The molecule has 16 heavy (non-hydrogen) atoms. The van der Waals surface area contributed by atoms with Crippen LogP contribution < -0.4 is 0 Å². The highest BCUT2D eigenvalue weighted by molar-refractivity contribution is 5.34. The maximum Gasteiger partial charge on any atom is 0.130 e. The van der Waals surface area contributed by atoms with Gasteiger partial charge in [-0.25, -0.2) is 0 Å². The van der Waals surface area contributed by atoms with Gasteiger partial charge in [-0.15, -0.1) is 0 Å². The zero-order valence-electron chi connectivity index (χ0n) is 9.81. The van der Waals surface area contributed by atoms with Crippen LogP contribution >= 0.6 is 0 Å². The van der Waals surface area contributed by atoms with Crippen molar-refractivity contribution in [1.82, 2.24) is 0 Å². The lowest BCUT2D eigenvalue weighted by atomic mass is 9.90. The Morgan fingerprint density at radius 2 is 1.81 bits per heavy atom. The van der Waals surface area contributed by atoms with Gasteiger partial charge >= 0.3 is 0 Å². The van der Waals surface area contributed by atoms with Crippen molar-refractivity contribution in [2.24, 2.45) is 10.2 Å². The number of hydrogen-bond acceptors (Lipinski definition) is 3. The third-order valence-corrected chi connectivity index (χ3v) is 2.74. The molecule has 0 aromatic heterocycles. The summed E-state index contributed by atoms with van der Waals surface area (Å²) >= 11 is 0. The van der Waals surface area contributed by atoms with Crippen molar-refractivity contribution >= 4 is 0 Å². The SMILES string of the molecule is CC1(C)C=C(C(C)(O)c2ccccc2)N=N1. The lowest BCUT2D eigenvalue weighted by Crippen LogP contribution is -2.23. The fourth-order valence-electron chi connectivity index (χ4n) is 1.72. The quantitative estimate of drug-likeness (QED) is 0.811. The lowest BCUT2D eigenvalue weighted by Gasteiger charge is -2.22. The predicted molar refractivity (Wildman–Crippen MR) is 63.0 cm³/mol. The molecule has 1 aromatic rings. The van der Waals surface area contributed by atoms with Crippen molar-refractivity contribution in [3.63, 3.8) is 0 Å². The van der Waals surface area contributed by atoms with Crippen LogP contribution in [0.3, 0.4) is 0 Å². The molecule has 0 saturated carbocycles. The highest BCUT2D eigenvalue weighted by atomic mass is 16.3. The van der Waals surface area contributed by atoms with E-state index in [2.05, 4.69) is 10.2 Å². The number of benzene rings is 1. The number of hydrogen-bond donors (Lipinski definition) is 1. The fraction of sp³-hybridized carbons (Fsp3) is 0.385. The third-order valence-electron chi connectivity index (χ3n) is 2.74. The lowest BCUT2D eigenvalue weighted by molar-refractivity contribution is 0.0958. The van der Waals surface area contributed by atoms with E-state index in [4.69, 9.17) is 0 Å². The normalized spacial score (nSPS) is 21.6. The average molecular weight is 216 g/mol. The first kappa shape index (κ1) is 11.0. The van der Waals surface area contributed by atoms with Gasteiger partial charge in [-0.05, 0) is 32.4 Å². The van der Waals surface area contributed by atoms with Crippen molar-refractivity contribution in [2.75, 3.05) is 0 Å². The van der Waals surface area contributed by atoms with E-state index in [0.717, 1.165) is 5.56 Å². The van der Waals surface area contributed by atoms with Crippen LogP contribution in [0.4, 0.5) is 0 Å². The number of rotatable bonds is 2. The first-order chi connectivity index (χ1) is 7.42. The molecule has 1 atom stereocenters. The molecule has 1 aliphatic heterocycles. The summed E-state index contributed by atoms with van der Waals surface area (Å²) < 4.78 is 0. The first-order valence-corrected chi connectivity index (χ1v) is 5.36. The molecule has 1 unspecified atom stereocenters. The van der Waals surface area contributed by atoms with E-state index in [-0.39, 0.29) is 5.54 Å². The second kappa shape index (κ2) is 3.52. The Bertz CT molecular complexity index is 444. The van der Waals surface area contributed by atoms with Gasteiger partial charge in [0.15, 0.2) is 0 Å². The van der Waals surface area contributed by atoms with E-state index in [0.29, 0.717) is 5.70 Å². The Morgan fingerprint density at radius 3 is 2.31 bits per heavy atom. The molecule has 0 bridgehead atoms. The zero-order valence-corrected chi connectivity index (χ0v) is 9.81. The van der Waals surface area contributed by atoms with Crippen LogP contribution in [0, 0.1) is 0 Å². The molecule has 0 amide bonds. The Hall–Kier alpha value is -1.48. The second-order valence-electron chi connectivity index (χ2n) is 4.82. The minimum absolute atomic E-state index is 0.311. The summed E-state index contributed by atoms with van der Waals surface area (Å²) in [5, 5.41) is 18.7. The van der Waals surface area contributed by atoms with Crippen LogP contribution in [0.2, 0.25) is 0 Å². The van der Waals surface area contributed by atoms with Crippen LogP contribution in [0.15, 0.2) is 52.3 Å². The topological polar surface area (TPSA) is 45.0 Å². The summed E-state index contributed by atoms with van der Waals surface area (Å²) in [7, 11) is 0. The molecule has 0 saturated heterocycles. The fourth-order valence-corrected chi connectivity index (χ4v) is 1.72. The Kier molecular flexibility index (Phi) is 2.43. The van der Waals surface area contributed by atoms with Gasteiger partial charge in [-0.2, -0.15) is 10.2 Å². The average Bonchev–Trinajstić information content (AvgIpc) is 2.61. The molecular formula is C13H16N2O. The van der Waals surface area contributed by atoms with Gasteiger partial charge in [0.05, 0.1) is 11.2 Å². The van der Waals surface area contributed by atoms with Gasteiger partial charge in [0.1, 0.15) is 5.60 Å². The maximum atomic E-state index is 10.5. The largest absolute Gasteiger partial charge is 0.379 e. The summed E-state index contributed by atoms with van der Waals surface area (Å²) in [6.07, 6.45) is 1.90. The molecule has 1 aliphatic rings. The van der Waals surface area contributed by atoms with Crippen molar-refractivity contribution in [2.45, 2.75) is 31.9 Å². The molecule has 0 radical (unpaired) electrons. The molecular weight excluding hydrogens is 200 g/mol. The third kappa shape index (κ3) is 1.91. The van der Waals surface area contributed by atoms with E-state index >= 15 is 0 Å². The Balaban J connectivity index is 2.39. The van der Waals surface area contributed by atoms with E-state index < -0.39 is 5.60 Å². The smallest absolute Gasteiger partial charge is 0.130 e. The molecule has 0 fully saturated rings. The van der Waals surface area contributed by atoms with Crippen molar-refractivity contribution in [3.05, 3.63) is 47.7 Å². The van der Waals surface area contributed by atoms with E-state index in [9.17, 15) is 5.11 Å². The number of nitrogens with zero attached hydrogens (tertiary/aromatic N) is 2. The standard InChI is InChI=1S/C13H16N2O/c1-12(2)9-11(14-15-12)13(3,16)10-7-5-4-6-8-10/h4-9,16H,1-3H3. The molecule has 1 N–H and O–H groups in total. The van der Waals surface area contributed by atoms with Crippen LogP contribution in [0.1, 0.15) is 26.3 Å². The van der Waals surface area contributed by atoms with E-state index in [1.807, 2.05) is 50.3 Å². The van der Waals surface area contributed by atoms with Gasteiger partial charge in [-0.3, -0.25) is 0 Å². The molecule has 0 spiro atoms. The van der Waals surface area contributed by atoms with Crippen LogP contribution in [-0.2, 0) is 5.60 Å². The molecule has 84 valence electrons. The summed E-state index contributed by atoms with van der Waals surface area (Å²) in [6.45, 7) is 5.67. The van der Waals surface area contributed by atoms with Crippen molar-refractivity contribution < 1.29 is 5.11 Å². The minimum atomic E-state index is -1.07. The monoisotopic (exact) mass is 216 g/mol. The molecule has 3 nitrogen and oxygen atoms in total. The molecule has 1 aromatic carbocycles. The van der Waals surface area contributed by atoms with Gasteiger partial charge in [-0.1, -0.05) is 30.3 Å². The predicted octanol–water partition coefficient (Wildman–Crippen LogP) is 3.02. The molecule has 2 rings (SSSR count). The molecule has 3 heteroatoms. The van der Waals surface area contributed by atoms with Gasteiger partial charge < -0.3 is 5.11 Å². The van der Waals surface area contributed by atoms with Crippen LogP contribution in [0.5, 0.6) is 0 Å². The summed E-state index contributed by atoms with van der Waals surface area (Å²) in [5.74, 6) is 0. The summed E-state index contributed by atoms with van der Waals surface area (Å²) in [4.78, 5) is 0. The molecule has 0 aliphatic carbocycles. The summed E-state index contributed by atoms with van der Waals surface area (Å²) in [5.41, 5.74) is 0.0636. The van der Waals surface area contributed by atoms with Crippen LogP contribution in [-0.4, -0.2) is 10.6 Å². The number of aliphatic hydroxyl groups is 1. The van der Waals surface area contributed by atoms with Gasteiger partial charge in [0.25, 0.3) is 0 Å². The molecule has 1 heterocycles. The van der Waals surface area contributed by atoms with Crippen LogP contribution in [0.25, 0.3) is 0 Å². The summed E-state index contributed by atoms with van der Waals surface area (Å²) in [6, 6.07) is 9.51. The second-order valence-corrected chi connectivity index (χ2v) is 4.82. The Morgan fingerprint density at radius 1 is 1.19 bits per heavy atom. The maximum absolute atomic E-state index is 10.5. The Labute approximate surface area is 95.5 Å². The van der Waals surface area contributed by atoms with Crippen molar-refractivity contribution in [1.29, 1.82) is 0 Å². The minimum Gasteiger partial charge on any atom is -0.379 e. The first-order valence-electron chi connectivity index (χ1n) is 5.36. The van der Waals surface area contributed by atoms with Gasteiger partial charge in [0, 0.05) is 0 Å².